The van der Waals surface area contributed by atoms with Crippen LogP contribution in [0.4, 0.5) is 10.5 Å². The smallest absolute Gasteiger partial charge is 0.319 e. The summed E-state index contributed by atoms with van der Waals surface area (Å²) in [6.07, 6.45) is 3.98. The molecule has 1 aliphatic heterocycles. The molecule has 1 aromatic rings. The van der Waals surface area contributed by atoms with Gasteiger partial charge in [0.15, 0.2) is 0 Å². The number of benzene rings is 1. The first kappa shape index (κ1) is 15.4. The van der Waals surface area contributed by atoms with Crippen LogP contribution < -0.4 is 10.6 Å². The van der Waals surface area contributed by atoms with Crippen LogP contribution in [0.2, 0.25) is 0 Å². The number of carbonyl (C=O) groups is 1. The molecular weight excluding hydrogens is 292 g/mol. The summed E-state index contributed by atoms with van der Waals surface area (Å²) in [5, 5.41) is 5.70. The Morgan fingerprint density at radius 3 is 2.95 bits per heavy atom. The van der Waals surface area contributed by atoms with Crippen molar-refractivity contribution in [2.75, 3.05) is 23.9 Å². The Bertz CT molecular complexity index is 514. The highest BCUT2D eigenvalue weighted by Gasteiger charge is 2.29. The highest BCUT2D eigenvalue weighted by atomic mass is 32.2. The number of hydrogen-bond acceptors (Lipinski definition) is 3. The fourth-order valence-electron chi connectivity index (χ4n) is 2.17. The van der Waals surface area contributed by atoms with Crippen LogP contribution in [0.3, 0.4) is 0 Å². The zero-order valence-corrected chi connectivity index (χ0v) is 13.4. The van der Waals surface area contributed by atoms with Gasteiger partial charge in [0.2, 0.25) is 0 Å². The molecule has 1 aliphatic rings. The Balaban J connectivity index is 1.88. The van der Waals surface area contributed by atoms with Crippen LogP contribution in [-0.4, -0.2) is 33.5 Å². The number of anilines is 1. The molecular formula is C14H20N2O2S2. The van der Waals surface area contributed by atoms with E-state index in [1.807, 2.05) is 11.8 Å². The first-order valence-electron chi connectivity index (χ1n) is 6.61. The van der Waals surface area contributed by atoms with E-state index in [-0.39, 0.29) is 10.8 Å². The monoisotopic (exact) mass is 312 g/mol. The Hall–Kier alpha value is -1.01. The van der Waals surface area contributed by atoms with Crippen molar-refractivity contribution in [3.63, 3.8) is 0 Å². The number of urea groups is 1. The van der Waals surface area contributed by atoms with Gasteiger partial charge >= 0.3 is 6.03 Å². The highest BCUT2D eigenvalue weighted by molar-refractivity contribution is 8.00. The SMILES string of the molecule is C[S@](=O)c1cccc(NC(=O)NC[C@@]2(C)CCCS2)c1. The minimum Gasteiger partial charge on any atom is -0.336 e. The Kier molecular flexibility index (Phi) is 5.10. The van der Waals surface area contributed by atoms with Crippen LogP contribution in [0.25, 0.3) is 0 Å². The summed E-state index contributed by atoms with van der Waals surface area (Å²) in [7, 11) is -1.04. The fourth-order valence-corrected chi connectivity index (χ4v) is 3.98. The molecule has 0 saturated carbocycles. The molecule has 0 bridgehead atoms. The van der Waals surface area contributed by atoms with Crippen molar-refractivity contribution in [1.29, 1.82) is 0 Å². The molecule has 6 heteroatoms. The lowest BCUT2D eigenvalue weighted by atomic mass is 10.1. The van der Waals surface area contributed by atoms with Gasteiger partial charge in [0.05, 0.1) is 0 Å². The summed E-state index contributed by atoms with van der Waals surface area (Å²) in [5.41, 5.74) is 0.666. The number of amides is 2. The molecule has 0 spiro atoms. The molecule has 0 aliphatic carbocycles. The van der Waals surface area contributed by atoms with Gasteiger partial charge in [0.25, 0.3) is 0 Å². The fraction of sp³-hybridized carbons (Fsp3) is 0.500. The minimum atomic E-state index is -1.04. The minimum absolute atomic E-state index is 0.157. The zero-order chi connectivity index (χ0) is 14.6. The van der Waals surface area contributed by atoms with E-state index in [1.165, 1.54) is 12.2 Å². The molecule has 1 fully saturated rings. The van der Waals surface area contributed by atoms with E-state index in [4.69, 9.17) is 0 Å². The average Bonchev–Trinajstić information content (AvgIpc) is 2.84. The normalized spacial score (nSPS) is 23.3. The molecule has 1 heterocycles. The van der Waals surface area contributed by atoms with Crippen molar-refractivity contribution in [1.82, 2.24) is 5.32 Å². The second kappa shape index (κ2) is 6.63. The van der Waals surface area contributed by atoms with Gasteiger partial charge in [-0.15, -0.1) is 0 Å². The van der Waals surface area contributed by atoms with Gasteiger partial charge in [-0.05, 0) is 43.7 Å². The van der Waals surface area contributed by atoms with Crippen molar-refractivity contribution in [3.05, 3.63) is 24.3 Å². The first-order valence-corrected chi connectivity index (χ1v) is 9.15. The van der Waals surface area contributed by atoms with Crippen LogP contribution in [-0.2, 0) is 10.8 Å². The molecule has 2 N–H and O–H groups in total. The van der Waals surface area contributed by atoms with Gasteiger partial charge in [0.1, 0.15) is 0 Å². The molecule has 0 unspecified atom stereocenters. The van der Waals surface area contributed by atoms with Crippen molar-refractivity contribution in [3.8, 4) is 0 Å². The van der Waals surface area contributed by atoms with Crippen molar-refractivity contribution in [2.45, 2.75) is 29.4 Å². The van der Waals surface area contributed by atoms with E-state index in [2.05, 4.69) is 17.6 Å². The molecule has 20 heavy (non-hydrogen) atoms. The van der Waals surface area contributed by atoms with Crippen molar-refractivity contribution >= 4 is 34.3 Å². The maximum Gasteiger partial charge on any atom is 0.319 e. The third kappa shape index (κ3) is 4.24. The van der Waals surface area contributed by atoms with E-state index >= 15 is 0 Å². The summed E-state index contributed by atoms with van der Waals surface area (Å²) >= 11 is 1.92. The molecule has 2 atom stereocenters. The molecule has 0 aromatic heterocycles. The lowest BCUT2D eigenvalue weighted by Gasteiger charge is -2.22. The van der Waals surface area contributed by atoms with Gasteiger partial charge in [-0.3, -0.25) is 4.21 Å². The van der Waals surface area contributed by atoms with Crippen LogP contribution in [0.5, 0.6) is 0 Å². The van der Waals surface area contributed by atoms with Crippen LogP contribution in [0.15, 0.2) is 29.2 Å². The third-order valence-corrected chi connectivity index (χ3v) is 5.80. The predicted molar refractivity (Wildman–Crippen MR) is 85.9 cm³/mol. The maximum atomic E-state index is 11.9. The Morgan fingerprint density at radius 2 is 2.30 bits per heavy atom. The van der Waals surface area contributed by atoms with Gasteiger partial charge in [-0.25, -0.2) is 4.79 Å². The van der Waals surface area contributed by atoms with Gasteiger partial charge in [-0.2, -0.15) is 11.8 Å². The molecule has 2 amide bonds. The van der Waals surface area contributed by atoms with Gasteiger partial charge in [-0.1, -0.05) is 6.07 Å². The van der Waals surface area contributed by atoms with Crippen molar-refractivity contribution < 1.29 is 9.00 Å². The number of hydrogen-bond donors (Lipinski definition) is 2. The number of carbonyl (C=O) groups excluding carboxylic acids is 1. The van der Waals surface area contributed by atoms with E-state index in [0.717, 1.165) is 6.42 Å². The van der Waals surface area contributed by atoms with Crippen LogP contribution in [0, 0.1) is 0 Å². The Labute approximate surface area is 126 Å². The average molecular weight is 312 g/mol. The number of nitrogens with one attached hydrogen (secondary N) is 2. The lowest BCUT2D eigenvalue weighted by molar-refractivity contribution is 0.251. The molecule has 110 valence electrons. The standard InChI is InChI=1S/C14H20N2O2S2/c1-14(7-4-8-19-14)10-15-13(17)16-11-5-3-6-12(9-11)20(2)18/h3,5-6,9H,4,7-8,10H2,1-2H3,(H2,15,16,17)/t14-,20+/m1/s1. The Morgan fingerprint density at radius 1 is 1.50 bits per heavy atom. The summed E-state index contributed by atoms with van der Waals surface area (Å²) in [6, 6.07) is 6.90. The summed E-state index contributed by atoms with van der Waals surface area (Å²) in [5.74, 6) is 1.17. The van der Waals surface area contributed by atoms with E-state index in [1.54, 1.807) is 30.5 Å². The molecule has 1 aromatic carbocycles. The summed E-state index contributed by atoms with van der Waals surface area (Å²) in [6.45, 7) is 2.86. The first-order chi connectivity index (χ1) is 9.48. The topological polar surface area (TPSA) is 58.2 Å². The zero-order valence-electron chi connectivity index (χ0n) is 11.8. The highest BCUT2D eigenvalue weighted by Crippen LogP contribution is 2.36. The molecule has 1 saturated heterocycles. The van der Waals surface area contributed by atoms with Gasteiger partial charge in [0, 0.05) is 38.9 Å². The second-order valence-corrected chi connectivity index (χ2v) is 8.25. The molecule has 2 rings (SSSR count). The number of thioether (sulfide) groups is 1. The quantitative estimate of drug-likeness (QED) is 0.899. The van der Waals surface area contributed by atoms with Crippen LogP contribution >= 0.6 is 11.8 Å². The predicted octanol–water partition coefficient (Wildman–Crippen LogP) is 2.83. The maximum absolute atomic E-state index is 11.9. The van der Waals surface area contributed by atoms with E-state index in [9.17, 15) is 9.00 Å². The molecule has 4 nitrogen and oxygen atoms in total. The molecule has 0 radical (unpaired) electrons. The summed E-state index contributed by atoms with van der Waals surface area (Å²) < 4.78 is 11.6. The van der Waals surface area contributed by atoms with Crippen LogP contribution in [0.1, 0.15) is 19.8 Å². The lowest BCUT2D eigenvalue weighted by Crippen LogP contribution is -2.39. The van der Waals surface area contributed by atoms with E-state index in [0.29, 0.717) is 17.1 Å². The number of rotatable bonds is 4. The summed E-state index contributed by atoms with van der Waals surface area (Å²) in [4.78, 5) is 12.6. The van der Waals surface area contributed by atoms with E-state index < -0.39 is 10.8 Å². The van der Waals surface area contributed by atoms with Crippen molar-refractivity contribution in [2.24, 2.45) is 0 Å². The second-order valence-electron chi connectivity index (χ2n) is 5.19. The van der Waals surface area contributed by atoms with Gasteiger partial charge < -0.3 is 10.6 Å². The third-order valence-electron chi connectivity index (χ3n) is 3.35. The largest absolute Gasteiger partial charge is 0.336 e.